The normalized spacial score (nSPS) is 10.8. The first kappa shape index (κ1) is 23.8. The van der Waals surface area contributed by atoms with Gasteiger partial charge in [0.25, 0.3) is 0 Å². The monoisotopic (exact) mass is 539 g/mol. The fourth-order valence-electron chi connectivity index (χ4n) is 2.80. The summed E-state index contributed by atoms with van der Waals surface area (Å²) < 4.78 is 15.8. The number of thiophene rings is 1. The number of benzene rings is 2. The zero-order chi connectivity index (χ0) is 20.6. The molecular weight excluding hydrogens is 513 g/mol. The van der Waals surface area contributed by atoms with Crippen LogP contribution in [0.25, 0.3) is 11.1 Å². The Kier molecular flexibility index (Phi) is 9.25. The Balaban J connectivity index is 0.00000320. The van der Waals surface area contributed by atoms with E-state index in [4.69, 9.17) is 19.9 Å². The molecule has 0 saturated heterocycles. The maximum Gasteiger partial charge on any atom is 0.189 e. The van der Waals surface area contributed by atoms with Crippen molar-refractivity contribution < 1.29 is 14.2 Å². The first-order valence-corrected chi connectivity index (χ1v) is 9.97. The van der Waals surface area contributed by atoms with E-state index in [2.05, 4.69) is 33.9 Å². The van der Waals surface area contributed by atoms with E-state index in [1.807, 2.05) is 30.3 Å². The molecule has 0 aliphatic rings. The fraction of sp³-hybridized carbons (Fsp3) is 0.227. The Morgan fingerprint density at radius 3 is 2.33 bits per heavy atom. The molecule has 0 saturated carbocycles. The molecule has 1 heterocycles. The van der Waals surface area contributed by atoms with Crippen molar-refractivity contribution in [3.05, 3.63) is 64.4 Å². The molecule has 1 aromatic heterocycles. The third-order valence-electron chi connectivity index (χ3n) is 4.40. The highest BCUT2D eigenvalue weighted by Crippen LogP contribution is 2.28. The van der Waals surface area contributed by atoms with E-state index in [0.29, 0.717) is 30.5 Å². The number of nitrogens with zero attached hydrogens (tertiary/aromatic N) is 1. The molecule has 0 amide bonds. The van der Waals surface area contributed by atoms with Crippen LogP contribution in [0.2, 0.25) is 0 Å². The summed E-state index contributed by atoms with van der Waals surface area (Å²) in [7, 11) is 4.89. The summed E-state index contributed by atoms with van der Waals surface area (Å²) in [6.07, 6.45) is 0. The molecule has 3 N–H and O–H groups in total. The third-order valence-corrected chi connectivity index (χ3v) is 5.34. The van der Waals surface area contributed by atoms with Crippen molar-refractivity contribution in [2.75, 3.05) is 21.3 Å². The lowest BCUT2D eigenvalue weighted by Gasteiger charge is -2.09. The van der Waals surface area contributed by atoms with Crippen LogP contribution >= 0.6 is 35.3 Å². The fourth-order valence-corrected chi connectivity index (χ4v) is 3.63. The van der Waals surface area contributed by atoms with Crippen LogP contribution in [-0.2, 0) is 13.1 Å². The van der Waals surface area contributed by atoms with Crippen molar-refractivity contribution in [2.45, 2.75) is 13.1 Å². The number of ether oxygens (including phenoxy) is 3. The van der Waals surface area contributed by atoms with E-state index < -0.39 is 0 Å². The van der Waals surface area contributed by atoms with Gasteiger partial charge in [0.05, 0.1) is 34.4 Å². The average molecular weight is 539 g/mol. The number of rotatable bonds is 8. The van der Waals surface area contributed by atoms with Gasteiger partial charge in [-0.3, -0.25) is 0 Å². The molecule has 3 rings (SSSR count). The zero-order valence-corrected chi connectivity index (χ0v) is 20.3. The van der Waals surface area contributed by atoms with Gasteiger partial charge in [0.1, 0.15) is 5.75 Å². The predicted octanol–water partition coefficient (Wildman–Crippen LogP) is 4.66. The molecule has 0 radical (unpaired) electrons. The molecule has 6 nitrogen and oxygen atoms in total. The van der Waals surface area contributed by atoms with Crippen LogP contribution in [0.4, 0.5) is 0 Å². The standard InChI is InChI=1S/C22H25N3O3S.HI/c1-26-18-7-5-16(6-8-18)17-11-19(29-14-17)13-25-22(23)24-12-15-4-9-20(27-2)21(10-15)28-3;/h4-11,14H,12-13H2,1-3H3,(H3,23,24,25);1H. The van der Waals surface area contributed by atoms with Gasteiger partial charge < -0.3 is 25.3 Å². The van der Waals surface area contributed by atoms with E-state index in [-0.39, 0.29) is 24.0 Å². The van der Waals surface area contributed by atoms with Crippen molar-refractivity contribution in [3.63, 3.8) is 0 Å². The van der Waals surface area contributed by atoms with Crippen molar-refractivity contribution in [3.8, 4) is 28.4 Å². The van der Waals surface area contributed by atoms with Crippen molar-refractivity contribution in [1.82, 2.24) is 5.32 Å². The SMILES string of the molecule is COc1ccc(-c2csc(CNC(N)=NCc3ccc(OC)c(OC)c3)c2)cc1.I. The highest BCUT2D eigenvalue weighted by atomic mass is 127. The highest BCUT2D eigenvalue weighted by Gasteiger charge is 2.05. The Morgan fingerprint density at radius 2 is 1.67 bits per heavy atom. The van der Waals surface area contributed by atoms with Gasteiger partial charge in [-0.1, -0.05) is 18.2 Å². The zero-order valence-electron chi connectivity index (χ0n) is 17.2. The van der Waals surface area contributed by atoms with Crippen LogP contribution in [-0.4, -0.2) is 27.3 Å². The Morgan fingerprint density at radius 1 is 0.933 bits per heavy atom. The molecular formula is C22H26IN3O3S. The number of halogens is 1. The number of hydrogen-bond donors (Lipinski definition) is 2. The molecule has 8 heteroatoms. The minimum atomic E-state index is 0. The minimum absolute atomic E-state index is 0. The number of hydrogen-bond acceptors (Lipinski definition) is 5. The molecule has 0 aliphatic heterocycles. The lowest BCUT2D eigenvalue weighted by molar-refractivity contribution is 0.354. The van der Waals surface area contributed by atoms with Gasteiger partial charge in [-0.05, 0) is 52.4 Å². The van der Waals surface area contributed by atoms with Gasteiger partial charge in [0.2, 0.25) is 0 Å². The molecule has 0 fully saturated rings. The minimum Gasteiger partial charge on any atom is -0.497 e. The summed E-state index contributed by atoms with van der Waals surface area (Å²) in [4.78, 5) is 5.58. The lowest BCUT2D eigenvalue weighted by Crippen LogP contribution is -2.30. The molecule has 3 aromatic rings. The maximum absolute atomic E-state index is 6.02. The Labute approximate surface area is 198 Å². The van der Waals surface area contributed by atoms with Crippen molar-refractivity contribution >= 4 is 41.3 Å². The molecule has 0 unspecified atom stereocenters. The molecule has 30 heavy (non-hydrogen) atoms. The van der Waals surface area contributed by atoms with Gasteiger partial charge in [0.15, 0.2) is 17.5 Å². The predicted molar refractivity (Wildman–Crippen MR) is 133 cm³/mol. The van der Waals surface area contributed by atoms with Crippen molar-refractivity contribution in [1.29, 1.82) is 0 Å². The average Bonchev–Trinajstić information content (AvgIpc) is 3.25. The maximum atomic E-state index is 6.02. The Bertz CT molecular complexity index is 974. The van der Waals surface area contributed by atoms with E-state index in [1.54, 1.807) is 32.7 Å². The number of nitrogens with two attached hydrogens (primary N) is 1. The summed E-state index contributed by atoms with van der Waals surface area (Å²) in [5, 5.41) is 5.30. The highest BCUT2D eigenvalue weighted by molar-refractivity contribution is 14.0. The largest absolute Gasteiger partial charge is 0.497 e. The summed E-state index contributed by atoms with van der Waals surface area (Å²) >= 11 is 1.69. The molecule has 160 valence electrons. The second kappa shape index (κ2) is 11.7. The summed E-state index contributed by atoms with van der Waals surface area (Å²) in [6.45, 7) is 1.09. The summed E-state index contributed by atoms with van der Waals surface area (Å²) in [5.74, 6) is 2.62. The molecule has 0 spiro atoms. The first-order valence-electron chi connectivity index (χ1n) is 9.09. The van der Waals surface area contributed by atoms with Gasteiger partial charge in [-0.2, -0.15) is 0 Å². The van der Waals surface area contributed by atoms with Crippen LogP contribution in [0.1, 0.15) is 10.4 Å². The van der Waals surface area contributed by atoms with E-state index in [9.17, 15) is 0 Å². The molecule has 0 aliphatic carbocycles. The van der Waals surface area contributed by atoms with Gasteiger partial charge in [-0.25, -0.2) is 4.99 Å². The summed E-state index contributed by atoms with van der Waals surface area (Å²) in [6, 6.07) is 15.9. The number of guanidine groups is 1. The number of nitrogens with one attached hydrogen (secondary N) is 1. The lowest BCUT2D eigenvalue weighted by atomic mass is 10.1. The van der Waals surface area contributed by atoms with E-state index in [0.717, 1.165) is 16.9 Å². The molecule has 2 aromatic carbocycles. The van der Waals surface area contributed by atoms with Gasteiger partial charge >= 0.3 is 0 Å². The van der Waals surface area contributed by atoms with Crippen LogP contribution in [0.5, 0.6) is 17.2 Å². The molecule has 0 bridgehead atoms. The first-order chi connectivity index (χ1) is 14.1. The van der Waals surface area contributed by atoms with Gasteiger partial charge in [0, 0.05) is 4.88 Å². The Hall–Kier alpha value is -2.46. The summed E-state index contributed by atoms with van der Waals surface area (Å²) in [5.41, 5.74) is 9.34. The third kappa shape index (κ3) is 6.27. The van der Waals surface area contributed by atoms with Gasteiger partial charge in [-0.15, -0.1) is 35.3 Å². The smallest absolute Gasteiger partial charge is 0.189 e. The van der Waals surface area contributed by atoms with Crippen LogP contribution in [0.3, 0.4) is 0 Å². The number of aliphatic imine (C=N–C) groups is 1. The van der Waals surface area contributed by atoms with Crippen LogP contribution in [0.15, 0.2) is 58.9 Å². The van der Waals surface area contributed by atoms with Crippen molar-refractivity contribution in [2.24, 2.45) is 10.7 Å². The second-order valence-corrected chi connectivity index (χ2v) is 7.27. The van der Waals surface area contributed by atoms with E-state index in [1.165, 1.54) is 10.4 Å². The topological polar surface area (TPSA) is 78.1 Å². The number of methoxy groups -OCH3 is 3. The second-order valence-electron chi connectivity index (χ2n) is 6.27. The van der Waals surface area contributed by atoms with Crippen LogP contribution < -0.4 is 25.3 Å². The van der Waals surface area contributed by atoms with E-state index >= 15 is 0 Å². The quantitative estimate of drug-likeness (QED) is 0.247. The molecule has 0 atom stereocenters. The van der Waals surface area contributed by atoms with Crippen LogP contribution in [0, 0.1) is 0 Å².